The summed E-state index contributed by atoms with van der Waals surface area (Å²) in [5.41, 5.74) is 2.09. The number of rotatable bonds is 4. The summed E-state index contributed by atoms with van der Waals surface area (Å²) in [6, 6.07) is 11.3. The van der Waals surface area contributed by atoms with Crippen molar-refractivity contribution in [3.63, 3.8) is 0 Å². The number of hydrogen-bond donors (Lipinski definition) is 1. The minimum atomic E-state index is -0.751. The van der Waals surface area contributed by atoms with E-state index in [1.807, 2.05) is 42.6 Å². The number of carboxylic acid groups (broad SMARTS) is 1. The Bertz CT molecular complexity index is 663. The van der Waals surface area contributed by atoms with Gasteiger partial charge in [0.15, 0.2) is 0 Å². The van der Waals surface area contributed by atoms with Crippen LogP contribution in [0.3, 0.4) is 0 Å². The third-order valence-electron chi connectivity index (χ3n) is 4.11. The van der Waals surface area contributed by atoms with Crippen molar-refractivity contribution >= 4 is 21.9 Å². The lowest BCUT2D eigenvalue weighted by Crippen LogP contribution is -2.39. The summed E-state index contributed by atoms with van der Waals surface area (Å²) in [5.74, 6) is -0.751. The molecule has 0 spiro atoms. The van der Waals surface area contributed by atoms with E-state index in [0.29, 0.717) is 6.42 Å². The van der Waals surface area contributed by atoms with E-state index in [1.54, 1.807) is 6.20 Å². The Labute approximate surface area is 137 Å². The minimum absolute atomic E-state index is 0.104. The van der Waals surface area contributed by atoms with Crippen LogP contribution in [0.2, 0.25) is 0 Å². The van der Waals surface area contributed by atoms with E-state index in [2.05, 4.69) is 25.8 Å². The maximum Gasteiger partial charge on any atom is 0.320 e. The number of hydrogen-bond acceptors (Lipinski definition) is 3. The molecule has 0 bridgehead atoms. The van der Waals surface area contributed by atoms with Crippen molar-refractivity contribution in [2.45, 2.75) is 24.9 Å². The van der Waals surface area contributed by atoms with Gasteiger partial charge in [0.05, 0.1) is 6.04 Å². The highest BCUT2D eigenvalue weighted by atomic mass is 79.9. The maximum absolute atomic E-state index is 11.6. The number of carbonyl (C=O) groups is 1. The summed E-state index contributed by atoms with van der Waals surface area (Å²) in [7, 11) is 0. The van der Waals surface area contributed by atoms with Gasteiger partial charge >= 0.3 is 5.97 Å². The summed E-state index contributed by atoms with van der Waals surface area (Å²) in [5, 5.41) is 9.53. The largest absolute Gasteiger partial charge is 0.480 e. The Hall–Kier alpha value is -1.72. The van der Waals surface area contributed by atoms with Crippen molar-refractivity contribution < 1.29 is 9.90 Å². The molecule has 114 valence electrons. The van der Waals surface area contributed by atoms with E-state index in [0.717, 1.165) is 28.6 Å². The Kier molecular flexibility index (Phi) is 4.55. The highest BCUT2D eigenvalue weighted by molar-refractivity contribution is 9.10. The Morgan fingerprint density at radius 2 is 2.14 bits per heavy atom. The van der Waals surface area contributed by atoms with Crippen LogP contribution in [0.4, 0.5) is 0 Å². The van der Waals surface area contributed by atoms with Crippen molar-refractivity contribution in [3.05, 3.63) is 64.4 Å². The predicted octanol–water partition coefficient (Wildman–Crippen LogP) is 3.48. The van der Waals surface area contributed by atoms with E-state index in [9.17, 15) is 9.90 Å². The van der Waals surface area contributed by atoms with Gasteiger partial charge in [-0.15, -0.1) is 0 Å². The molecule has 1 N–H and O–H groups in total. The van der Waals surface area contributed by atoms with Crippen molar-refractivity contribution in [1.82, 2.24) is 9.88 Å². The van der Waals surface area contributed by atoms with Crippen LogP contribution >= 0.6 is 15.9 Å². The Balaban J connectivity index is 2.08. The van der Waals surface area contributed by atoms with Gasteiger partial charge in [0.25, 0.3) is 0 Å². The monoisotopic (exact) mass is 360 g/mol. The summed E-state index contributed by atoms with van der Waals surface area (Å²) < 4.78 is 0.986. The van der Waals surface area contributed by atoms with E-state index in [4.69, 9.17) is 0 Å². The molecule has 1 aliphatic heterocycles. The fourth-order valence-electron chi connectivity index (χ4n) is 3.15. The molecule has 0 amide bonds. The van der Waals surface area contributed by atoms with Crippen molar-refractivity contribution in [1.29, 1.82) is 0 Å². The van der Waals surface area contributed by atoms with Gasteiger partial charge in [-0.1, -0.05) is 40.2 Å². The molecule has 0 saturated carbocycles. The summed E-state index contributed by atoms with van der Waals surface area (Å²) in [6.45, 7) is 0.776. The highest BCUT2D eigenvalue weighted by Crippen LogP contribution is 2.37. The molecule has 2 heterocycles. The van der Waals surface area contributed by atoms with Crippen molar-refractivity contribution in [3.8, 4) is 0 Å². The molecule has 22 heavy (non-hydrogen) atoms. The molecule has 2 unspecified atom stereocenters. The first-order valence-electron chi connectivity index (χ1n) is 7.31. The fourth-order valence-corrected chi connectivity index (χ4v) is 3.65. The molecule has 0 aliphatic carbocycles. The van der Waals surface area contributed by atoms with Crippen LogP contribution in [0.1, 0.15) is 30.0 Å². The summed E-state index contributed by atoms with van der Waals surface area (Å²) in [4.78, 5) is 17.9. The van der Waals surface area contributed by atoms with Crippen molar-refractivity contribution in [2.24, 2.45) is 0 Å². The average Bonchev–Trinajstić information content (AvgIpc) is 3.00. The number of pyridine rings is 1. The number of aliphatic carboxylic acids is 1. The predicted molar refractivity (Wildman–Crippen MR) is 87.6 cm³/mol. The van der Waals surface area contributed by atoms with Gasteiger partial charge in [-0.25, -0.2) is 0 Å². The standard InChI is InChI=1S/C17H17BrN2O2/c18-14-7-2-1-6-13(14)16(12-5-3-9-19-11-12)20-10-4-8-15(20)17(21)22/h1-3,5-7,9,11,15-16H,4,8,10H2,(H,21,22). The Morgan fingerprint density at radius 3 is 2.82 bits per heavy atom. The van der Waals surface area contributed by atoms with Crippen LogP contribution in [0.5, 0.6) is 0 Å². The van der Waals surface area contributed by atoms with Crippen LogP contribution < -0.4 is 0 Å². The number of halogens is 1. The Morgan fingerprint density at radius 1 is 1.32 bits per heavy atom. The lowest BCUT2D eigenvalue weighted by Gasteiger charge is -2.32. The summed E-state index contributed by atoms with van der Waals surface area (Å²) in [6.07, 6.45) is 5.15. The number of likely N-dealkylation sites (tertiary alicyclic amines) is 1. The second-order valence-corrected chi connectivity index (χ2v) is 6.30. The molecule has 1 saturated heterocycles. The topological polar surface area (TPSA) is 53.4 Å². The SMILES string of the molecule is O=C(O)C1CCCN1C(c1cccnc1)c1ccccc1Br. The second kappa shape index (κ2) is 6.58. The molecule has 1 aromatic carbocycles. The smallest absolute Gasteiger partial charge is 0.320 e. The van der Waals surface area contributed by atoms with Crippen LogP contribution in [0.15, 0.2) is 53.3 Å². The van der Waals surface area contributed by atoms with Gasteiger partial charge in [0.2, 0.25) is 0 Å². The minimum Gasteiger partial charge on any atom is -0.480 e. The zero-order valence-corrected chi connectivity index (χ0v) is 13.6. The highest BCUT2D eigenvalue weighted by Gasteiger charge is 2.37. The van der Waals surface area contributed by atoms with Gasteiger partial charge in [-0.2, -0.15) is 0 Å². The molecule has 2 atom stereocenters. The molecule has 4 nitrogen and oxygen atoms in total. The van der Waals surface area contributed by atoms with E-state index < -0.39 is 12.0 Å². The van der Waals surface area contributed by atoms with Crippen molar-refractivity contribution in [2.75, 3.05) is 6.54 Å². The zero-order valence-electron chi connectivity index (χ0n) is 12.0. The van der Waals surface area contributed by atoms with Crippen LogP contribution in [0.25, 0.3) is 0 Å². The molecule has 3 rings (SSSR count). The third kappa shape index (κ3) is 2.91. The van der Waals surface area contributed by atoms with Crippen LogP contribution in [-0.4, -0.2) is 33.5 Å². The molecule has 0 radical (unpaired) electrons. The van der Waals surface area contributed by atoms with E-state index in [-0.39, 0.29) is 6.04 Å². The number of carboxylic acids is 1. The van der Waals surface area contributed by atoms with E-state index >= 15 is 0 Å². The number of nitrogens with zero attached hydrogens (tertiary/aromatic N) is 2. The molecule has 5 heteroatoms. The van der Waals surface area contributed by atoms with Gasteiger partial charge in [0, 0.05) is 23.4 Å². The zero-order chi connectivity index (χ0) is 15.5. The molecule has 1 aromatic heterocycles. The molecular weight excluding hydrogens is 344 g/mol. The van der Waals surface area contributed by atoms with Crippen LogP contribution in [-0.2, 0) is 4.79 Å². The maximum atomic E-state index is 11.6. The second-order valence-electron chi connectivity index (χ2n) is 5.44. The fraction of sp³-hybridized carbons (Fsp3) is 0.294. The van der Waals surface area contributed by atoms with Crippen LogP contribution in [0, 0.1) is 0 Å². The molecule has 2 aromatic rings. The van der Waals surface area contributed by atoms with Gasteiger partial charge in [0.1, 0.15) is 6.04 Å². The normalized spacial score (nSPS) is 20.0. The first kappa shape index (κ1) is 15.2. The number of aromatic nitrogens is 1. The molecule has 1 fully saturated rings. The molecular formula is C17H17BrN2O2. The van der Waals surface area contributed by atoms with E-state index in [1.165, 1.54) is 0 Å². The first-order valence-corrected chi connectivity index (χ1v) is 8.10. The van der Waals surface area contributed by atoms with Gasteiger partial charge in [-0.3, -0.25) is 14.7 Å². The molecule has 1 aliphatic rings. The lowest BCUT2D eigenvalue weighted by molar-refractivity contribution is -0.142. The average molecular weight is 361 g/mol. The van der Waals surface area contributed by atoms with Gasteiger partial charge < -0.3 is 5.11 Å². The third-order valence-corrected chi connectivity index (χ3v) is 4.83. The van der Waals surface area contributed by atoms with Gasteiger partial charge in [-0.05, 0) is 36.1 Å². The lowest BCUT2D eigenvalue weighted by atomic mass is 9.97. The quantitative estimate of drug-likeness (QED) is 0.906. The number of benzene rings is 1. The summed E-state index contributed by atoms with van der Waals surface area (Å²) >= 11 is 3.60. The first-order chi connectivity index (χ1) is 10.7.